The maximum atomic E-state index is 11.6. The van der Waals surface area contributed by atoms with E-state index in [0.717, 1.165) is 21.7 Å². The van der Waals surface area contributed by atoms with E-state index < -0.39 is 0 Å². The van der Waals surface area contributed by atoms with Gasteiger partial charge < -0.3 is 10.1 Å². The highest BCUT2D eigenvalue weighted by Gasteiger charge is 2.12. The van der Waals surface area contributed by atoms with Crippen LogP contribution in [-0.4, -0.2) is 23.0 Å². The summed E-state index contributed by atoms with van der Waals surface area (Å²) in [4.78, 5) is 22.4. The molecular formula is C16H15N3O2S. The molecule has 0 aliphatic rings. The van der Waals surface area contributed by atoms with Crippen LogP contribution in [0.25, 0.3) is 10.2 Å². The first-order valence-electron chi connectivity index (χ1n) is 6.76. The second-order valence-corrected chi connectivity index (χ2v) is 6.09. The van der Waals surface area contributed by atoms with Gasteiger partial charge in [0.1, 0.15) is 17.0 Å². The van der Waals surface area contributed by atoms with Crippen LogP contribution in [0.2, 0.25) is 0 Å². The third-order valence-corrected chi connectivity index (χ3v) is 4.63. The summed E-state index contributed by atoms with van der Waals surface area (Å²) in [6.07, 6.45) is 1.55. The average molecular weight is 313 g/mol. The zero-order valence-electron chi connectivity index (χ0n) is 12.5. The number of carbonyl (C=O) groups is 1. The molecule has 0 amide bonds. The molecule has 0 spiro atoms. The fraction of sp³-hybridized carbons (Fsp3) is 0.188. The standard InChI is InChI=1S/C16H15N3O2S/c1-9-10(2)22-15-13(9)14(17-8-18-15)19-12-6-4-5-11(7-12)16(20)21-3/h4-8H,1-3H3,(H,17,18,19). The second-order valence-electron chi connectivity index (χ2n) is 4.88. The first-order chi connectivity index (χ1) is 10.6. The van der Waals surface area contributed by atoms with Crippen molar-refractivity contribution in [1.29, 1.82) is 0 Å². The molecule has 0 atom stereocenters. The van der Waals surface area contributed by atoms with Gasteiger partial charge in [-0.15, -0.1) is 11.3 Å². The largest absolute Gasteiger partial charge is 0.465 e. The van der Waals surface area contributed by atoms with E-state index in [1.54, 1.807) is 35.9 Å². The maximum Gasteiger partial charge on any atom is 0.337 e. The summed E-state index contributed by atoms with van der Waals surface area (Å²) < 4.78 is 4.74. The van der Waals surface area contributed by atoms with E-state index in [2.05, 4.69) is 29.1 Å². The van der Waals surface area contributed by atoms with Gasteiger partial charge in [0.25, 0.3) is 0 Å². The van der Waals surface area contributed by atoms with Crippen molar-refractivity contribution in [2.45, 2.75) is 13.8 Å². The lowest BCUT2D eigenvalue weighted by molar-refractivity contribution is 0.0601. The highest BCUT2D eigenvalue weighted by Crippen LogP contribution is 2.33. The lowest BCUT2D eigenvalue weighted by Gasteiger charge is -2.08. The first-order valence-corrected chi connectivity index (χ1v) is 7.58. The van der Waals surface area contributed by atoms with Gasteiger partial charge in [-0.2, -0.15) is 0 Å². The Morgan fingerprint density at radius 3 is 2.86 bits per heavy atom. The van der Waals surface area contributed by atoms with Crippen LogP contribution in [0.5, 0.6) is 0 Å². The molecular weight excluding hydrogens is 298 g/mol. The molecule has 1 N–H and O–H groups in total. The lowest BCUT2D eigenvalue weighted by atomic mass is 10.2. The number of esters is 1. The minimum absolute atomic E-state index is 0.362. The Balaban J connectivity index is 2.02. The number of carbonyl (C=O) groups excluding carboxylic acids is 1. The Kier molecular flexibility index (Phi) is 3.77. The van der Waals surface area contributed by atoms with Crippen molar-refractivity contribution in [2.24, 2.45) is 0 Å². The Hall–Kier alpha value is -2.47. The van der Waals surface area contributed by atoms with Crippen molar-refractivity contribution >= 4 is 39.0 Å². The zero-order chi connectivity index (χ0) is 15.7. The molecule has 0 aliphatic carbocycles. The quantitative estimate of drug-likeness (QED) is 0.744. The summed E-state index contributed by atoms with van der Waals surface area (Å²) in [5, 5.41) is 4.29. The van der Waals surface area contributed by atoms with Crippen LogP contribution in [-0.2, 0) is 4.74 Å². The number of rotatable bonds is 3. The predicted molar refractivity (Wildman–Crippen MR) is 88.0 cm³/mol. The fourth-order valence-corrected chi connectivity index (χ4v) is 3.25. The number of methoxy groups -OCH3 is 1. The number of aryl methyl sites for hydroxylation is 2. The van der Waals surface area contributed by atoms with Gasteiger partial charge in [0, 0.05) is 10.6 Å². The van der Waals surface area contributed by atoms with E-state index >= 15 is 0 Å². The Labute approximate surface area is 132 Å². The maximum absolute atomic E-state index is 11.6. The third kappa shape index (κ3) is 2.53. The van der Waals surface area contributed by atoms with E-state index in [9.17, 15) is 4.79 Å². The molecule has 0 saturated heterocycles. The molecule has 2 heterocycles. The van der Waals surface area contributed by atoms with Crippen LogP contribution in [0.4, 0.5) is 11.5 Å². The first kappa shape index (κ1) is 14.5. The highest BCUT2D eigenvalue weighted by molar-refractivity contribution is 7.18. The highest BCUT2D eigenvalue weighted by atomic mass is 32.1. The summed E-state index contributed by atoms with van der Waals surface area (Å²) in [5.41, 5.74) is 2.45. The Morgan fingerprint density at radius 2 is 2.09 bits per heavy atom. The van der Waals surface area contributed by atoms with Crippen molar-refractivity contribution < 1.29 is 9.53 Å². The molecule has 0 saturated carbocycles. The van der Waals surface area contributed by atoms with Crippen LogP contribution in [0.15, 0.2) is 30.6 Å². The molecule has 1 aromatic carbocycles. The summed E-state index contributed by atoms with van der Waals surface area (Å²) in [6.45, 7) is 4.14. The molecule has 0 unspecified atom stereocenters. The van der Waals surface area contributed by atoms with Gasteiger partial charge in [-0.3, -0.25) is 0 Å². The smallest absolute Gasteiger partial charge is 0.337 e. The number of fused-ring (bicyclic) bond motifs is 1. The second kappa shape index (κ2) is 5.73. The minimum atomic E-state index is -0.362. The van der Waals surface area contributed by atoms with Gasteiger partial charge in [0.2, 0.25) is 0 Å². The molecule has 6 heteroatoms. The van der Waals surface area contributed by atoms with E-state index in [-0.39, 0.29) is 5.97 Å². The van der Waals surface area contributed by atoms with Crippen LogP contribution >= 0.6 is 11.3 Å². The summed E-state index contributed by atoms with van der Waals surface area (Å²) >= 11 is 1.65. The van der Waals surface area contributed by atoms with Gasteiger partial charge in [0.15, 0.2) is 0 Å². The molecule has 5 nitrogen and oxygen atoms in total. The molecule has 112 valence electrons. The fourth-order valence-electron chi connectivity index (χ4n) is 2.26. The van der Waals surface area contributed by atoms with Gasteiger partial charge in [-0.05, 0) is 37.6 Å². The number of hydrogen-bond donors (Lipinski definition) is 1. The number of benzene rings is 1. The van der Waals surface area contributed by atoms with Crippen molar-refractivity contribution in [3.05, 3.63) is 46.6 Å². The SMILES string of the molecule is COC(=O)c1cccc(Nc2ncnc3sc(C)c(C)c23)c1. The van der Waals surface area contributed by atoms with E-state index in [1.807, 2.05) is 6.07 Å². The monoisotopic (exact) mass is 313 g/mol. The molecule has 0 bridgehead atoms. The van der Waals surface area contributed by atoms with Crippen molar-refractivity contribution in [2.75, 3.05) is 12.4 Å². The number of aromatic nitrogens is 2. The molecule has 0 aliphatic heterocycles. The molecule has 2 aromatic heterocycles. The van der Waals surface area contributed by atoms with E-state index in [0.29, 0.717) is 5.56 Å². The predicted octanol–water partition coefficient (Wildman–Crippen LogP) is 3.84. The Morgan fingerprint density at radius 1 is 1.27 bits per heavy atom. The molecule has 22 heavy (non-hydrogen) atoms. The summed E-state index contributed by atoms with van der Waals surface area (Å²) in [5.74, 6) is 0.382. The van der Waals surface area contributed by atoms with Gasteiger partial charge in [-0.1, -0.05) is 6.07 Å². The molecule has 0 fully saturated rings. The third-order valence-electron chi connectivity index (χ3n) is 3.51. The molecule has 0 radical (unpaired) electrons. The van der Waals surface area contributed by atoms with Gasteiger partial charge in [0.05, 0.1) is 18.1 Å². The van der Waals surface area contributed by atoms with Crippen molar-refractivity contribution in [3.8, 4) is 0 Å². The number of ether oxygens (including phenoxy) is 1. The van der Waals surface area contributed by atoms with E-state index in [1.165, 1.54) is 17.6 Å². The lowest BCUT2D eigenvalue weighted by Crippen LogP contribution is -2.02. The Bertz CT molecular complexity index is 858. The zero-order valence-corrected chi connectivity index (χ0v) is 13.3. The summed E-state index contributed by atoms with van der Waals surface area (Å²) in [6, 6.07) is 7.15. The summed E-state index contributed by atoms with van der Waals surface area (Å²) in [7, 11) is 1.37. The number of thiophene rings is 1. The number of hydrogen-bond acceptors (Lipinski definition) is 6. The van der Waals surface area contributed by atoms with Crippen LogP contribution in [0.1, 0.15) is 20.8 Å². The average Bonchev–Trinajstić information content (AvgIpc) is 2.82. The minimum Gasteiger partial charge on any atom is -0.465 e. The van der Waals surface area contributed by atoms with Crippen LogP contribution in [0, 0.1) is 13.8 Å². The number of nitrogens with zero attached hydrogens (tertiary/aromatic N) is 2. The van der Waals surface area contributed by atoms with Gasteiger partial charge in [-0.25, -0.2) is 14.8 Å². The van der Waals surface area contributed by atoms with Crippen molar-refractivity contribution in [1.82, 2.24) is 9.97 Å². The van der Waals surface area contributed by atoms with Crippen molar-refractivity contribution in [3.63, 3.8) is 0 Å². The molecule has 3 aromatic rings. The number of anilines is 2. The number of nitrogens with one attached hydrogen (secondary N) is 1. The van der Waals surface area contributed by atoms with Crippen LogP contribution in [0.3, 0.4) is 0 Å². The molecule has 3 rings (SSSR count). The van der Waals surface area contributed by atoms with Gasteiger partial charge >= 0.3 is 5.97 Å². The van der Waals surface area contributed by atoms with Crippen LogP contribution < -0.4 is 5.32 Å². The topological polar surface area (TPSA) is 64.1 Å². The van der Waals surface area contributed by atoms with E-state index in [4.69, 9.17) is 4.74 Å². The normalized spacial score (nSPS) is 10.7.